The number of carboxylic acid groups (broad SMARTS) is 1. The molecule has 110 valence electrons. The lowest BCUT2D eigenvalue weighted by Crippen LogP contribution is -2.08. The van der Waals surface area contributed by atoms with E-state index in [4.69, 9.17) is 16.7 Å². The summed E-state index contributed by atoms with van der Waals surface area (Å²) in [7, 11) is -3.63. The Kier molecular flexibility index (Phi) is 4.34. The molecule has 0 aliphatic rings. The Morgan fingerprint density at radius 3 is 2.48 bits per heavy atom. The SMILES string of the molecule is Cc1ccccc1CS(=O)(=O)c1ccc(Cl)c(C(=O)O)c1. The van der Waals surface area contributed by atoms with Crippen LogP contribution in [0.1, 0.15) is 21.5 Å². The van der Waals surface area contributed by atoms with E-state index >= 15 is 0 Å². The first kappa shape index (κ1) is 15.5. The van der Waals surface area contributed by atoms with Gasteiger partial charge in [-0.05, 0) is 36.2 Å². The van der Waals surface area contributed by atoms with Gasteiger partial charge in [-0.1, -0.05) is 35.9 Å². The molecule has 0 atom stereocenters. The maximum absolute atomic E-state index is 12.4. The van der Waals surface area contributed by atoms with Crippen molar-refractivity contribution in [2.24, 2.45) is 0 Å². The monoisotopic (exact) mass is 324 g/mol. The number of hydrogen-bond donors (Lipinski definition) is 1. The number of halogens is 1. The van der Waals surface area contributed by atoms with E-state index in [1.165, 1.54) is 12.1 Å². The second-order valence-corrected chi connectivity index (χ2v) is 7.03. The molecule has 0 aliphatic heterocycles. The molecule has 0 spiro atoms. The fourth-order valence-electron chi connectivity index (χ4n) is 1.92. The molecular formula is C15H13ClO4S. The summed E-state index contributed by atoms with van der Waals surface area (Å²) in [6.45, 7) is 1.83. The molecule has 1 N–H and O–H groups in total. The highest BCUT2D eigenvalue weighted by Crippen LogP contribution is 2.24. The van der Waals surface area contributed by atoms with E-state index in [0.29, 0.717) is 5.56 Å². The molecule has 0 saturated carbocycles. The smallest absolute Gasteiger partial charge is 0.337 e. The Hall–Kier alpha value is -1.85. The molecule has 2 aromatic carbocycles. The van der Waals surface area contributed by atoms with Gasteiger partial charge in [0.15, 0.2) is 9.84 Å². The summed E-state index contributed by atoms with van der Waals surface area (Å²) in [6.07, 6.45) is 0. The summed E-state index contributed by atoms with van der Waals surface area (Å²) in [4.78, 5) is 11.0. The first-order valence-electron chi connectivity index (χ1n) is 6.11. The zero-order valence-corrected chi connectivity index (χ0v) is 12.8. The van der Waals surface area contributed by atoms with Crippen molar-refractivity contribution in [3.8, 4) is 0 Å². The van der Waals surface area contributed by atoms with Crippen LogP contribution in [0.15, 0.2) is 47.4 Å². The average Bonchev–Trinajstić information content (AvgIpc) is 2.41. The van der Waals surface area contributed by atoms with Crippen LogP contribution in [0, 0.1) is 6.92 Å². The number of carboxylic acids is 1. The highest BCUT2D eigenvalue weighted by atomic mass is 35.5. The standard InChI is InChI=1S/C15H13ClO4S/c1-10-4-2-3-5-11(10)9-21(19,20)12-6-7-14(16)13(8-12)15(17)18/h2-8H,9H2,1H3,(H,17,18). The van der Waals surface area contributed by atoms with Gasteiger partial charge in [-0.3, -0.25) is 0 Å². The fourth-order valence-corrected chi connectivity index (χ4v) is 3.59. The summed E-state index contributed by atoms with van der Waals surface area (Å²) in [6, 6.07) is 10.9. The third-order valence-electron chi connectivity index (χ3n) is 3.13. The van der Waals surface area contributed by atoms with E-state index in [2.05, 4.69) is 0 Å². The highest BCUT2D eigenvalue weighted by molar-refractivity contribution is 7.90. The maximum Gasteiger partial charge on any atom is 0.337 e. The molecule has 0 radical (unpaired) electrons. The van der Waals surface area contributed by atoms with Crippen LogP contribution in [0.2, 0.25) is 5.02 Å². The topological polar surface area (TPSA) is 71.4 Å². The summed E-state index contributed by atoms with van der Waals surface area (Å²) in [5, 5.41) is 9.02. The number of hydrogen-bond acceptors (Lipinski definition) is 3. The highest BCUT2D eigenvalue weighted by Gasteiger charge is 2.19. The van der Waals surface area contributed by atoms with Crippen LogP contribution in [0.5, 0.6) is 0 Å². The van der Waals surface area contributed by atoms with E-state index in [0.717, 1.165) is 11.6 Å². The first-order valence-corrected chi connectivity index (χ1v) is 8.14. The van der Waals surface area contributed by atoms with Gasteiger partial charge in [0.05, 0.1) is 21.2 Å². The molecule has 0 bridgehead atoms. The van der Waals surface area contributed by atoms with Crippen LogP contribution in [0.4, 0.5) is 0 Å². The van der Waals surface area contributed by atoms with Gasteiger partial charge < -0.3 is 5.11 Å². The van der Waals surface area contributed by atoms with Crippen LogP contribution in [0.3, 0.4) is 0 Å². The summed E-state index contributed by atoms with van der Waals surface area (Å²) in [5.41, 5.74) is 1.33. The molecule has 21 heavy (non-hydrogen) atoms. The number of rotatable bonds is 4. The maximum atomic E-state index is 12.4. The van der Waals surface area contributed by atoms with Gasteiger partial charge in [-0.15, -0.1) is 0 Å². The predicted molar refractivity (Wildman–Crippen MR) is 80.5 cm³/mol. The minimum absolute atomic E-state index is 0.0114. The van der Waals surface area contributed by atoms with Crippen LogP contribution >= 0.6 is 11.6 Å². The minimum Gasteiger partial charge on any atom is -0.478 e. The lowest BCUT2D eigenvalue weighted by molar-refractivity contribution is 0.0697. The molecular weight excluding hydrogens is 312 g/mol. The number of benzene rings is 2. The largest absolute Gasteiger partial charge is 0.478 e. The van der Waals surface area contributed by atoms with Crippen LogP contribution in [-0.4, -0.2) is 19.5 Å². The van der Waals surface area contributed by atoms with Crippen molar-refractivity contribution in [2.45, 2.75) is 17.6 Å². The van der Waals surface area contributed by atoms with Crippen molar-refractivity contribution in [3.05, 3.63) is 64.2 Å². The van der Waals surface area contributed by atoms with E-state index in [9.17, 15) is 13.2 Å². The third kappa shape index (κ3) is 3.43. The number of aryl methyl sites for hydroxylation is 1. The fraction of sp³-hybridized carbons (Fsp3) is 0.133. The summed E-state index contributed by atoms with van der Waals surface area (Å²) >= 11 is 5.75. The quantitative estimate of drug-likeness (QED) is 0.936. The summed E-state index contributed by atoms with van der Waals surface area (Å²) in [5.74, 6) is -1.44. The Labute approximate surface area is 127 Å². The zero-order valence-electron chi connectivity index (χ0n) is 11.2. The van der Waals surface area contributed by atoms with Crippen molar-refractivity contribution >= 4 is 27.4 Å². The van der Waals surface area contributed by atoms with E-state index in [-0.39, 0.29) is 21.2 Å². The molecule has 2 rings (SSSR count). The number of carbonyl (C=O) groups is 1. The molecule has 2 aromatic rings. The van der Waals surface area contributed by atoms with E-state index in [1.54, 1.807) is 12.1 Å². The van der Waals surface area contributed by atoms with Gasteiger partial charge in [0, 0.05) is 0 Å². The lowest BCUT2D eigenvalue weighted by atomic mass is 10.1. The van der Waals surface area contributed by atoms with Crippen molar-refractivity contribution in [1.82, 2.24) is 0 Å². The lowest BCUT2D eigenvalue weighted by Gasteiger charge is -2.08. The van der Waals surface area contributed by atoms with Gasteiger partial charge in [-0.2, -0.15) is 0 Å². The van der Waals surface area contributed by atoms with Crippen LogP contribution in [-0.2, 0) is 15.6 Å². The van der Waals surface area contributed by atoms with E-state index in [1.807, 2.05) is 19.1 Å². The normalized spacial score (nSPS) is 11.3. The average molecular weight is 325 g/mol. The molecule has 0 heterocycles. The van der Waals surface area contributed by atoms with Gasteiger partial charge in [0.1, 0.15) is 0 Å². The second kappa shape index (κ2) is 5.87. The second-order valence-electron chi connectivity index (χ2n) is 4.63. The zero-order chi connectivity index (χ0) is 15.6. The molecule has 6 heteroatoms. The van der Waals surface area contributed by atoms with Gasteiger partial charge in [0.25, 0.3) is 0 Å². The summed E-state index contributed by atoms with van der Waals surface area (Å²) < 4.78 is 24.8. The van der Waals surface area contributed by atoms with Crippen LogP contribution < -0.4 is 0 Å². The third-order valence-corrected chi connectivity index (χ3v) is 5.13. The molecule has 0 aliphatic carbocycles. The molecule has 0 saturated heterocycles. The number of aromatic carboxylic acids is 1. The van der Waals surface area contributed by atoms with Crippen molar-refractivity contribution in [3.63, 3.8) is 0 Å². The van der Waals surface area contributed by atoms with Crippen molar-refractivity contribution in [2.75, 3.05) is 0 Å². The molecule has 4 nitrogen and oxygen atoms in total. The number of sulfone groups is 1. The Morgan fingerprint density at radius 2 is 1.86 bits per heavy atom. The Balaban J connectivity index is 2.43. The molecule has 0 amide bonds. The van der Waals surface area contributed by atoms with Crippen molar-refractivity contribution < 1.29 is 18.3 Å². The van der Waals surface area contributed by atoms with Crippen molar-refractivity contribution in [1.29, 1.82) is 0 Å². The first-order chi connectivity index (χ1) is 9.81. The molecule has 0 unspecified atom stereocenters. The molecule has 0 aromatic heterocycles. The van der Waals surface area contributed by atoms with E-state index < -0.39 is 15.8 Å². The van der Waals surface area contributed by atoms with Gasteiger partial charge in [0.2, 0.25) is 0 Å². The predicted octanol–water partition coefficient (Wildman–Crippen LogP) is 3.32. The molecule has 0 fully saturated rings. The Morgan fingerprint density at radius 1 is 1.19 bits per heavy atom. The minimum atomic E-state index is -3.63. The van der Waals surface area contributed by atoms with Gasteiger partial charge in [-0.25, -0.2) is 13.2 Å². The van der Waals surface area contributed by atoms with Crippen LogP contribution in [0.25, 0.3) is 0 Å². The van der Waals surface area contributed by atoms with Gasteiger partial charge >= 0.3 is 5.97 Å². The Bertz CT molecular complexity index is 797.